The molecule has 2 aromatic heterocycles. The van der Waals surface area contributed by atoms with Crippen LogP contribution in [0.25, 0.3) is 0 Å². The summed E-state index contributed by atoms with van der Waals surface area (Å²) in [5.41, 5.74) is 5.90. The lowest BCUT2D eigenvalue weighted by Crippen LogP contribution is -2.12. The van der Waals surface area contributed by atoms with Crippen LogP contribution < -0.4 is 11.1 Å². The van der Waals surface area contributed by atoms with E-state index in [1.165, 1.54) is 6.33 Å². The minimum Gasteiger partial charge on any atom is -0.378 e. The fraction of sp³-hybridized carbons (Fsp3) is 0.182. The number of aromatic nitrogens is 3. The Labute approximate surface area is 108 Å². The second-order valence-corrected chi connectivity index (χ2v) is 3.83. The molecule has 2 rings (SSSR count). The molecule has 0 bridgehead atoms. The first-order valence-electron chi connectivity index (χ1n) is 5.52. The topological polar surface area (TPSA) is 120 Å². The molecular weight excluding hydrogens is 248 g/mol. The predicted molar refractivity (Wildman–Crippen MR) is 69.4 cm³/mol. The molecule has 0 aromatic carbocycles. The van der Waals surface area contributed by atoms with E-state index < -0.39 is 4.92 Å². The van der Waals surface area contributed by atoms with Crippen LogP contribution in [0.5, 0.6) is 0 Å². The molecule has 0 aliphatic rings. The van der Waals surface area contributed by atoms with Crippen molar-refractivity contribution in [2.45, 2.75) is 13.0 Å². The van der Waals surface area contributed by atoms with Crippen LogP contribution in [0.4, 0.5) is 17.3 Å². The van der Waals surface area contributed by atoms with Gasteiger partial charge in [0.2, 0.25) is 11.6 Å². The normalized spacial score (nSPS) is 11.8. The van der Waals surface area contributed by atoms with E-state index in [1.54, 1.807) is 12.3 Å². The first kappa shape index (κ1) is 12.7. The quantitative estimate of drug-likeness (QED) is 0.631. The highest BCUT2D eigenvalue weighted by Crippen LogP contribution is 2.28. The van der Waals surface area contributed by atoms with Gasteiger partial charge < -0.3 is 11.1 Å². The van der Waals surface area contributed by atoms with E-state index in [1.807, 2.05) is 19.1 Å². The number of hydrogen-bond acceptors (Lipinski definition) is 7. The standard InChI is InChI=1S/C11H12N6O2/c1-7(8-4-2-3-5-13-8)16-11-9(17(18)19)10(12)14-6-15-11/h2-7H,1H3,(H3,12,14,15,16). The summed E-state index contributed by atoms with van der Waals surface area (Å²) < 4.78 is 0. The smallest absolute Gasteiger partial charge is 0.353 e. The number of nitrogens with one attached hydrogen (secondary N) is 1. The van der Waals surface area contributed by atoms with Gasteiger partial charge in [-0.25, -0.2) is 9.97 Å². The van der Waals surface area contributed by atoms with Gasteiger partial charge in [0.1, 0.15) is 6.33 Å². The van der Waals surface area contributed by atoms with Crippen molar-refractivity contribution in [3.63, 3.8) is 0 Å². The highest BCUT2D eigenvalue weighted by Gasteiger charge is 2.22. The third-order valence-electron chi connectivity index (χ3n) is 2.52. The van der Waals surface area contributed by atoms with Gasteiger partial charge in [-0.05, 0) is 19.1 Å². The zero-order chi connectivity index (χ0) is 13.8. The van der Waals surface area contributed by atoms with Crippen molar-refractivity contribution in [2.24, 2.45) is 0 Å². The lowest BCUT2D eigenvalue weighted by Gasteiger charge is -2.13. The molecule has 0 radical (unpaired) electrons. The molecule has 8 heteroatoms. The van der Waals surface area contributed by atoms with E-state index in [4.69, 9.17) is 5.73 Å². The molecule has 0 amide bonds. The SMILES string of the molecule is CC(Nc1ncnc(N)c1[N+](=O)[O-])c1ccccn1. The number of rotatable bonds is 4. The molecule has 8 nitrogen and oxygen atoms in total. The molecule has 0 spiro atoms. The number of hydrogen-bond donors (Lipinski definition) is 2. The summed E-state index contributed by atoms with van der Waals surface area (Å²) in [6.45, 7) is 1.82. The number of nitrogens with two attached hydrogens (primary N) is 1. The van der Waals surface area contributed by atoms with Crippen LogP contribution in [0.1, 0.15) is 18.7 Å². The van der Waals surface area contributed by atoms with E-state index in [-0.39, 0.29) is 23.4 Å². The summed E-state index contributed by atoms with van der Waals surface area (Å²) in [5, 5.41) is 13.9. The van der Waals surface area contributed by atoms with Gasteiger partial charge in [0, 0.05) is 6.20 Å². The van der Waals surface area contributed by atoms with E-state index in [2.05, 4.69) is 20.3 Å². The van der Waals surface area contributed by atoms with Gasteiger partial charge in [-0.3, -0.25) is 15.1 Å². The van der Waals surface area contributed by atoms with Crippen molar-refractivity contribution in [2.75, 3.05) is 11.1 Å². The molecule has 0 saturated carbocycles. The average molecular weight is 260 g/mol. The van der Waals surface area contributed by atoms with Gasteiger partial charge in [-0.1, -0.05) is 6.07 Å². The fourth-order valence-electron chi connectivity index (χ4n) is 1.59. The summed E-state index contributed by atoms with van der Waals surface area (Å²) in [6, 6.07) is 5.20. The maximum Gasteiger partial charge on any atom is 0.353 e. The third kappa shape index (κ3) is 2.73. The van der Waals surface area contributed by atoms with Crippen LogP contribution in [0.2, 0.25) is 0 Å². The van der Waals surface area contributed by atoms with Crippen LogP contribution in [-0.2, 0) is 0 Å². The first-order chi connectivity index (χ1) is 9.09. The second-order valence-electron chi connectivity index (χ2n) is 3.83. The predicted octanol–water partition coefficient (Wildman–Crippen LogP) is 1.54. The summed E-state index contributed by atoms with van der Waals surface area (Å²) in [4.78, 5) is 22.0. The Kier molecular flexibility index (Phi) is 3.51. The zero-order valence-electron chi connectivity index (χ0n) is 10.1. The van der Waals surface area contributed by atoms with Gasteiger partial charge in [0.25, 0.3) is 0 Å². The summed E-state index contributed by atoms with van der Waals surface area (Å²) in [7, 11) is 0. The largest absolute Gasteiger partial charge is 0.378 e. The molecule has 2 aromatic rings. The Balaban J connectivity index is 2.29. The molecule has 3 N–H and O–H groups in total. The van der Waals surface area contributed by atoms with Crippen molar-refractivity contribution in [1.29, 1.82) is 0 Å². The molecule has 2 heterocycles. The van der Waals surface area contributed by atoms with Crippen LogP contribution in [0.15, 0.2) is 30.7 Å². The summed E-state index contributed by atoms with van der Waals surface area (Å²) in [6.07, 6.45) is 2.83. The van der Waals surface area contributed by atoms with E-state index in [0.29, 0.717) is 0 Å². The number of anilines is 2. The maximum atomic E-state index is 11.0. The highest BCUT2D eigenvalue weighted by molar-refractivity contribution is 5.67. The van der Waals surface area contributed by atoms with Crippen LogP contribution in [-0.4, -0.2) is 19.9 Å². The Bertz CT molecular complexity index is 589. The van der Waals surface area contributed by atoms with Gasteiger partial charge in [0.05, 0.1) is 16.7 Å². The van der Waals surface area contributed by atoms with Crippen LogP contribution in [0, 0.1) is 10.1 Å². The highest BCUT2D eigenvalue weighted by atomic mass is 16.6. The Morgan fingerprint density at radius 3 is 2.79 bits per heavy atom. The third-order valence-corrected chi connectivity index (χ3v) is 2.52. The minimum absolute atomic E-state index is 0.0793. The molecule has 0 aliphatic heterocycles. The van der Waals surface area contributed by atoms with E-state index >= 15 is 0 Å². The molecule has 1 unspecified atom stereocenters. The molecule has 19 heavy (non-hydrogen) atoms. The molecule has 98 valence electrons. The van der Waals surface area contributed by atoms with Crippen molar-refractivity contribution in [3.05, 3.63) is 46.5 Å². The van der Waals surface area contributed by atoms with Crippen molar-refractivity contribution in [1.82, 2.24) is 15.0 Å². The van der Waals surface area contributed by atoms with E-state index in [9.17, 15) is 10.1 Å². The van der Waals surface area contributed by atoms with Crippen molar-refractivity contribution in [3.8, 4) is 0 Å². The second kappa shape index (κ2) is 5.25. The molecular formula is C11H12N6O2. The van der Waals surface area contributed by atoms with Gasteiger partial charge >= 0.3 is 5.69 Å². The van der Waals surface area contributed by atoms with Gasteiger partial charge in [-0.2, -0.15) is 0 Å². The Hall–Kier alpha value is -2.77. The molecule has 0 fully saturated rings. The lowest BCUT2D eigenvalue weighted by atomic mass is 10.2. The molecule has 0 saturated heterocycles. The fourth-order valence-corrected chi connectivity index (χ4v) is 1.59. The first-order valence-corrected chi connectivity index (χ1v) is 5.52. The Morgan fingerprint density at radius 2 is 2.16 bits per heavy atom. The summed E-state index contributed by atoms with van der Waals surface area (Å²) >= 11 is 0. The molecule has 0 aliphatic carbocycles. The minimum atomic E-state index is -0.608. The van der Waals surface area contributed by atoms with Gasteiger partial charge in [-0.15, -0.1) is 0 Å². The van der Waals surface area contributed by atoms with E-state index in [0.717, 1.165) is 5.69 Å². The van der Waals surface area contributed by atoms with Gasteiger partial charge in [0.15, 0.2) is 0 Å². The Morgan fingerprint density at radius 1 is 1.37 bits per heavy atom. The van der Waals surface area contributed by atoms with Crippen molar-refractivity contribution >= 4 is 17.3 Å². The number of pyridine rings is 1. The zero-order valence-corrected chi connectivity index (χ0v) is 10.1. The number of nitro groups is 1. The van der Waals surface area contributed by atoms with Crippen LogP contribution >= 0.6 is 0 Å². The maximum absolute atomic E-state index is 11.0. The average Bonchev–Trinajstić information content (AvgIpc) is 2.39. The van der Waals surface area contributed by atoms with Crippen molar-refractivity contribution < 1.29 is 4.92 Å². The molecule has 1 atom stereocenters. The number of nitrogen functional groups attached to an aromatic ring is 1. The number of nitrogens with zero attached hydrogens (tertiary/aromatic N) is 4. The lowest BCUT2D eigenvalue weighted by molar-refractivity contribution is -0.383. The van der Waals surface area contributed by atoms with Crippen LogP contribution in [0.3, 0.4) is 0 Å². The monoisotopic (exact) mass is 260 g/mol. The summed E-state index contributed by atoms with van der Waals surface area (Å²) in [5.74, 6) is -0.0913.